The standard InChI is InChI=1S/C22H33N3O5/c1-28-18-11-17(12-19(29-2)21(18)30-3)24-20(26)8-10-25-9-4-5-16(14-25)22(27)23-13-15-6-7-15/h11-12,15-16H,4-10,13-14H2,1-3H3,(H,23,27)(H,24,26). The molecule has 0 bridgehead atoms. The monoisotopic (exact) mass is 419 g/mol. The van der Waals surface area contributed by atoms with Crippen molar-refractivity contribution >= 4 is 17.5 Å². The average Bonchev–Trinajstić information content (AvgIpc) is 3.60. The summed E-state index contributed by atoms with van der Waals surface area (Å²) in [4.78, 5) is 27.1. The van der Waals surface area contributed by atoms with Crippen LogP contribution in [0.25, 0.3) is 0 Å². The molecule has 1 unspecified atom stereocenters. The summed E-state index contributed by atoms with van der Waals surface area (Å²) in [6.07, 6.45) is 4.73. The third kappa shape index (κ3) is 6.01. The summed E-state index contributed by atoms with van der Waals surface area (Å²) in [7, 11) is 4.61. The summed E-state index contributed by atoms with van der Waals surface area (Å²) >= 11 is 0. The van der Waals surface area contributed by atoms with Gasteiger partial charge in [-0.05, 0) is 38.1 Å². The minimum atomic E-state index is -0.0930. The molecule has 2 aliphatic rings. The molecule has 1 saturated carbocycles. The highest BCUT2D eigenvalue weighted by Gasteiger charge is 2.28. The summed E-state index contributed by atoms with van der Waals surface area (Å²) < 4.78 is 16.0. The Labute approximate surface area is 178 Å². The van der Waals surface area contributed by atoms with E-state index in [1.165, 1.54) is 34.2 Å². The van der Waals surface area contributed by atoms with Crippen LogP contribution in [-0.2, 0) is 9.59 Å². The Morgan fingerprint density at radius 3 is 2.37 bits per heavy atom. The molecule has 1 saturated heterocycles. The molecule has 1 heterocycles. The van der Waals surface area contributed by atoms with Gasteiger partial charge in [0.05, 0.1) is 27.2 Å². The van der Waals surface area contributed by atoms with E-state index in [2.05, 4.69) is 15.5 Å². The van der Waals surface area contributed by atoms with Gasteiger partial charge < -0.3 is 29.7 Å². The molecule has 2 amide bonds. The Morgan fingerprint density at radius 2 is 1.77 bits per heavy atom. The van der Waals surface area contributed by atoms with Gasteiger partial charge in [-0.15, -0.1) is 0 Å². The maximum Gasteiger partial charge on any atom is 0.225 e. The SMILES string of the molecule is COc1cc(NC(=O)CCN2CCCC(C(=O)NCC3CC3)C2)cc(OC)c1OC. The van der Waals surface area contributed by atoms with Crippen LogP contribution >= 0.6 is 0 Å². The van der Waals surface area contributed by atoms with Crippen LogP contribution in [0.2, 0.25) is 0 Å². The third-order valence-corrected chi connectivity index (χ3v) is 5.74. The van der Waals surface area contributed by atoms with Crippen molar-refractivity contribution in [1.29, 1.82) is 0 Å². The molecule has 1 aliphatic carbocycles. The first-order chi connectivity index (χ1) is 14.5. The molecule has 1 aromatic rings. The zero-order chi connectivity index (χ0) is 21.5. The van der Waals surface area contributed by atoms with E-state index in [1.807, 2.05) is 0 Å². The molecule has 3 rings (SSSR count). The van der Waals surface area contributed by atoms with Crippen molar-refractivity contribution in [2.24, 2.45) is 11.8 Å². The van der Waals surface area contributed by atoms with Crippen LogP contribution in [0.3, 0.4) is 0 Å². The molecule has 0 aromatic heterocycles. The number of anilines is 1. The molecule has 8 nitrogen and oxygen atoms in total. The zero-order valence-corrected chi connectivity index (χ0v) is 18.2. The van der Waals surface area contributed by atoms with Crippen LogP contribution in [0, 0.1) is 11.8 Å². The lowest BCUT2D eigenvalue weighted by atomic mass is 9.97. The van der Waals surface area contributed by atoms with E-state index in [-0.39, 0.29) is 17.7 Å². The first kappa shape index (κ1) is 22.2. The van der Waals surface area contributed by atoms with Gasteiger partial charge in [0.2, 0.25) is 17.6 Å². The van der Waals surface area contributed by atoms with Crippen LogP contribution in [0.1, 0.15) is 32.1 Å². The number of carbonyl (C=O) groups excluding carboxylic acids is 2. The van der Waals surface area contributed by atoms with Crippen molar-refractivity contribution in [3.05, 3.63) is 12.1 Å². The van der Waals surface area contributed by atoms with E-state index in [0.717, 1.165) is 25.9 Å². The van der Waals surface area contributed by atoms with Crippen LogP contribution < -0.4 is 24.8 Å². The number of likely N-dealkylation sites (tertiary alicyclic amines) is 1. The van der Waals surface area contributed by atoms with Crippen molar-refractivity contribution in [3.8, 4) is 17.2 Å². The fourth-order valence-corrected chi connectivity index (χ4v) is 3.82. The van der Waals surface area contributed by atoms with Gasteiger partial charge >= 0.3 is 0 Å². The van der Waals surface area contributed by atoms with Gasteiger partial charge in [-0.25, -0.2) is 0 Å². The third-order valence-electron chi connectivity index (χ3n) is 5.74. The number of ether oxygens (including phenoxy) is 3. The van der Waals surface area contributed by atoms with Gasteiger partial charge in [0.1, 0.15) is 0 Å². The maximum absolute atomic E-state index is 12.5. The number of amides is 2. The van der Waals surface area contributed by atoms with Crippen LogP contribution in [0.5, 0.6) is 17.2 Å². The summed E-state index contributed by atoms with van der Waals surface area (Å²) in [6.45, 7) is 3.08. The number of nitrogens with zero attached hydrogens (tertiary/aromatic N) is 1. The molecule has 8 heteroatoms. The number of carbonyl (C=O) groups is 2. The molecule has 166 valence electrons. The second kappa shape index (κ2) is 10.5. The Kier molecular flexibility index (Phi) is 7.79. The minimum Gasteiger partial charge on any atom is -0.493 e. The lowest BCUT2D eigenvalue weighted by Gasteiger charge is -2.31. The van der Waals surface area contributed by atoms with Gasteiger partial charge in [-0.2, -0.15) is 0 Å². The number of nitrogens with one attached hydrogen (secondary N) is 2. The Balaban J connectivity index is 1.48. The largest absolute Gasteiger partial charge is 0.493 e. The minimum absolute atomic E-state index is 0.0238. The van der Waals surface area contributed by atoms with Crippen LogP contribution in [0.4, 0.5) is 5.69 Å². The molecule has 0 radical (unpaired) electrons. The summed E-state index contributed by atoms with van der Waals surface area (Å²) in [5.74, 6) is 2.24. The zero-order valence-electron chi connectivity index (χ0n) is 18.2. The van der Waals surface area contributed by atoms with Crippen molar-refractivity contribution in [2.45, 2.75) is 32.1 Å². The van der Waals surface area contributed by atoms with Gasteiger partial charge in [0.25, 0.3) is 0 Å². The van der Waals surface area contributed by atoms with E-state index < -0.39 is 0 Å². The highest BCUT2D eigenvalue weighted by Crippen LogP contribution is 2.39. The molecular formula is C22H33N3O5. The quantitative estimate of drug-likeness (QED) is 0.605. The van der Waals surface area contributed by atoms with Crippen molar-refractivity contribution < 1.29 is 23.8 Å². The van der Waals surface area contributed by atoms with Crippen molar-refractivity contribution in [2.75, 3.05) is 52.8 Å². The number of piperidine rings is 1. The van der Waals surface area contributed by atoms with Crippen LogP contribution in [-0.4, -0.2) is 64.2 Å². The molecule has 30 heavy (non-hydrogen) atoms. The molecule has 2 N–H and O–H groups in total. The van der Waals surface area contributed by atoms with E-state index in [0.29, 0.717) is 48.4 Å². The Hall–Kier alpha value is -2.48. The molecule has 1 atom stereocenters. The fourth-order valence-electron chi connectivity index (χ4n) is 3.82. The second-order valence-corrected chi connectivity index (χ2v) is 8.04. The topological polar surface area (TPSA) is 89.1 Å². The second-order valence-electron chi connectivity index (χ2n) is 8.04. The number of hydrogen-bond acceptors (Lipinski definition) is 6. The number of benzene rings is 1. The summed E-state index contributed by atoms with van der Waals surface area (Å²) in [5.41, 5.74) is 0.588. The number of methoxy groups -OCH3 is 3. The van der Waals surface area contributed by atoms with Gasteiger partial charge in [0.15, 0.2) is 11.5 Å². The fraction of sp³-hybridized carbons (Fsp3) is 0.636. The maximum atomic E-state index is 12.5. The van der Waals surface area contributed by atoms with Gasteiger partial charge in [-0.1, -0.05) is 0 Å². The molecule has 2 fully saturated rings. The van der Waals surface area contributed by atoms with Gasteiger partial charge in [-0.3, -0.25) is 9.59 Å². The molecule has 1 aliphatic heterocycles. The highest BCUT2D eigenvalue weighted by molar-refractivity contribution is 5.91. The number of hydrogen-bond donors (Lipinski definition) is 2. The highest BCUT2D eigenvalue weighted by atomic mass is 16.5. The average molecular weight is 420 g/mol. The first-order valence-corrected chi connectivity index (χ1v) is 10.6. The number of rotatable bonds is 10. The predicted octanol–water partition coefficient (Wildman–Crippen LogP) is 2.28. The molecule has 1 aromatic carbocycles. The van der Waals surface area contributed by atoms with E-state index in [9.17, 15) is 9.59 Å². The summed E-state index contributed by atoms with van der Waals surface area (Å²) in [6, 6.07) is 3.42. The first-order valence-electron chi connectivity index (χ1n) is 10.6. The molecule has 0 spiro atoms. The van der Waals surface area contributed by atoms with E-state index in [1.54, 1.807) is 12.1 Å². The molecular weight excluding hydrogens is 386 g/mol. The van der Waals surface area contributed by atoms with Crippen molar-refractivity contribution in [1.82, 2.24) is 10.2 Å². The normalized spacial score (nSPS) is 19.1. The smallest absolute Gasteiger partial charge is 0.225 e. The van der Waals surface area contributed by atoms with Crippen LogP contribution in [0.15, 0.2) is 12.1 Å². The van der Waals surface area contributed by atoms with E-state index >= 15 is 0 Å². The Morgan fingerprint density at radius 1 is 1.07 bits per heavy atom. The Bertz CT molecular complexity index is 725. The predicted molar refractivity (Wildman–Crippen MR) is 114 cm³/mol. The summed E-state index contributed by atoms with van der Waals surface area (Å²) in [5, 5.41) is 5.98. The lowest BCUT2D eigenvalue weighted by Crippen LogP contribution is -2.44. The van der Waals surface area contributed by atoms with Crippen molar-refractivity contribution in [3.63, 3.8) is 0 Å². The lowest BCUT2D eigenvalue weighted by molar-refractivity contribution is -0.126. The van der Waals surface area contributed by atoms with Gasteiger partial charge in [0, 0.05) is 43.9 Å². The van der Waals surface area contributed by atoms with E-state index in [4.69, 9.17) is 14.2 Å².